The Labute approximate surface area is 177 Å². The van der Waals surface area contributed by atoms with E-state index in [1.165, 1.54) is 16.8 Å². The summed E-state index contributed by atoms with van der Waals surface area (Å²) < 4.78 is 33.4. The molecule has 1 unspecified atom stereocenters. The quantitative estimate of drug-likeness (QED) is 0.568. The molecule has 8 nitrogen and oxygen atoms in total. The van der Waals surface area contributed by atoms with Crippen LogP contribution >= 0.6 is 0 Å². The van der Waals surface area contributed by atoms with Gasteiger partial charge in [-0.05, 0) is 44.9 Å². The summed E-state index contributed by atoms with van der Waals surface area (Å²) in [6.45, 7) is 5.38. The molecule has 0 aliphatic rings. The zero-order chi connectivity index (χ0) is 22.7. The fourth-order valence-electron chi connectivity index (χ4n) is 3.28. The van der Waals surface area contributed by atoms with Gasteiger partial charge in [-0.2, -0.15) is 5.10 Å². The standard InChI is InChI=1S/C21H23F2N5O3/c1-11(10-31-18-6-4-14(22)8-17(18)23)26-19(29)7-5-15-12(2)27-21-16(20(24)30)9-25-28(21)13(15)3/h4,6,8-9,11H,5,7,10H2,1-3H3,(H2,24,30)(H,26,29). The van der Waals surface area contributed by atoms with Crippen LogP contribution in [0.5, 0.6) is 5.75 Å². The van der Waals surface area contributed by atoms with Crippen LogP contribution in [-0.2, 0) is 11.2 Å². The molecule has 164 valence electrons. The molecule has 0 spiro atoms. The number of primary amides is 1. The first kappa shape index (κ1) is 22.1. The number of benzene rings is 1. The van der Waals surface area contributed by atoms with E-state index in [1.807, 2.05) is 6.92 Å². The number of aromatic nitrogens is 3. The zero-order valence-electron chi connectivity index (χ0n) is 17.4. The van der Waals surface area contributed by atoms with E-state index in [-0.39, 0.29) is 36.3 Å². The van der Waals surface area contributed by atoms with Crippen molar-refractivity contribution in [2.45, 2.75) is 39.7 Å². The number of nitrogens with one attached hydrogen (secondary N) is 1. The first-order chi connectivity index (χ1) is 14.7. The van der Waals surface area contributed by atoms with Gasteiger partial charge < -0.3 is 15.8 Å². The van der Waals surface area contributed by atoms with Crippen molar-refractivity contribution in [2.24, 2.45) is 5.73 Å². The minimum atomic E-state index is -0.800. The predicted molar refractivity (Wildman–Crippen MR) is 109 cm³/mol. The van der Waals surface area contributed by atoms with Gasteiger partial charge in [0.1, 0.15) is 18.0 Å². The molecule has 0 saturated carbocycles. The van der Waals surface area contributed by atoms with Gasteiger partial charge in [-0.3, -0.25) is 9.59 Å². The van der Waals surface area contributed by atoms with Gasteiger partial charge in [0, 0.05) is 23.9 Å². The van der Waals surface area contributed by atoms with Gasteiger partial charge in [0.2, 0.25) is 5.91 Å². The summed E-state index contributed by atoms with van der Waals surface area (Å²) in [5.41, 5.74) is 8.27. The molecule has 0 aliphatic carbocycles. The number of fused-ring (bicyclic) bond motifs is 1. The lowest BCUT2D eigenvalue weighted by Gasteiger charge is -2.16. The Balaban J connectivity index is 1.59. The van der Waals surface area contributed by atoms with Crippen molar-refractivity contribution in [1.29, 1.82) is 0 Å². The van der Waals surface area contributed by atoms with E-state index in [0.29, 0.717) is 17.8 Å². The first-order valence-corrected chi connectivity index (χ1v) is 9.68. The Morgan fingerprint density at radius 2 is 2.03 bits per heavy atom. The number of rotatable bonds is 8. The fraction of sp³-hybridized carbons (Fsp3) is 0.333. The Morgan fingerprint density at radius 3 is 2.71 bits per heavy atom. The monoisotopic (exact) mass is 431 g/mol. The summed E-state index contributed by atoms with van der Waals surface area (Å²) in [4.78, 5) is 28.3. The van der Waals surface area contributed by atoms with Gasteiger partial charge in [0.25, 0.3) is 5.91 Å². The number of amides is 2. The van der Waals surface area contributed by atoms with Crippen molar-refractivity contribution in [3.05, 3.63) is 58.5 Å². The molecule has 0 bridgehead atoms. The maximum Gasteiger partial charge on any atom is 0.254 e. The van der Waals surface area contributed by atoms with Crippen LogP contribution in [0.4, 0.5) is 8.78 Å². The van der Waals surface area contributed by atoms with Gasteiger partial charge in [0.15, 0.2) is 17.2 Å². The van der Waals surface area contributed by atoms with Crippen molar-refractivity contribution in [2.75, 3.05) is 6.61 Å². The molecule has 0 aliphatic heterocycles. The third-order valence-electron chi connectivity index (χ3n) is 4.87. The van der Waals surface area contributed by atoms with Gasteiger partial charge in [-0.1, -0.05) is 0 Å². The van der Waals surface area contributed by atoms with Gasteiger partial charge in [-0.25, -0.2) is 18.3 Å². The normalized spacial score (nSPS) is 12.0. The number of aryl methyl sites for hydroxylation is 2. The van der Waals surface area contributed by atoms with Crippen LogP contribution in [0.15, 0.2) is 24.4 Å². The van der Waals surface area contributed by atoms with E-state index < -0.39 is 17.5 Å². The highest BCUT2D eigenvalue weighted by molar-refractivity contribution is 5.98. The lowest BCUT2D eigenvalue weighted by Crippen LogP contribution is -2.37. The number of hydrogen-bond acceptors (Lipinski definition) is 5. The minimum Gasteiger partial charge on any atom is -0.488 e. The SMILES string of the molecule is Cc1nc2c(C(N)=O)cnn2c(C)c1CCC(=O)NC(C)COc1ccc(F)cc1F. The lowest BCUT2D eigenvalue weighted by molar-refractivity contribution is -0.121. The van der Waals surface area contributed by atoms with Crippen LogP contribution in [0.3, 0.4) is 0 Å². The minimum absolute atomic E-state index is 0.0308. The molecule has 2 amide bonds. The molecule has 0 fully saturated rings. The van der Waals surface area contributed by atoms with Crippen LogP contribution < -0.4 is 15.8 Å². The van der Waals surface area contributed by atoms with E-state index in [1.54, 1.807) is 13.8 Å². The van der Waals surface area contributed by atoms with Crippen molar-refractivity contribution in [1.82, 2.24) is 19.9 Å². The van der Waals surface area contributed by atoms with Gasteiger partial charge >= 0.3 is 0 Å². The number of nitrogens with zero attached hydrogens (tertiary/aromatic N) is 3. The highest BCUT2D eigenvalue weighted by Crippen LogP contribution is 2.19. The van der Waals surface area contributed by atoms with Gasteiger partial charge in [-0.15, -0.1) is 0 Å². The molecule has 1 aromatic carbocycles. The van der Waals surface area contributed by atoms with E-state index in [4.69, 9.17) is 10.5 Å². The summed E-state index contributed by atoms with van der Waals surface area (Å²) in [6.07, 6.45) is 1.98. The van der Waals surface area contributed by atoms with E-state index in [2.05, 4.69) is 15.4 Å². The maximum absolute atomic E-state index is 13.6. The molecule has 3 rings (SSSR count). The van der Waals surface area contributed by atoms with Crippen molar-refractivity contribution < 1.29 is 23.1 Å². The number of hydrogen-bond donors (Lipinski definition) is 2. The first-order valence-electron chi connectivity index (χ1n) is 9.68. The van der Waals surface area contributed by atoms with Gasteiger partial charge in [0.05, 0.1) is 12.2 Å². The Bertz CT molecular complexity index is 1150. The Hall–Kier alpha value is -3.56. The molecule has 31 heavy (non-hydrogen) atoms. The predicted octanol–water partition coefficient (Wildman–Crippen LogP) is 2.24. The average molecular weight is 431 g/mol. The third-order valence-corrected chi connectivity index (χ3v) is 4.87. The summed E-state index contributed by atoms with van der Waals surface area (Å²) in [5, 5.41) is 6.95. The third kappa shape index (κ3) is 4.96. The average Bonchev–Trinajstić information content (AvgIpc) is 3.11. The zero-order valence-corrected chi connectivity index (χ0v) is 17.4. The van der Waals surface area contributed by atoms with Crippen LogP contribution in [-0.4, -0.2) is 39.1 Å². The summed E-state index contributed by atoms with van der Waals surface area (Å²) >= 11 is 0. The number of carbonyl (C=O) groups is 2. The van der Waals surface area contributed by atoms with Crippen molar-refractivity contribution >= 4 is 17.5 Å². The van der Waals surface area contributed by atoms with Crippen LogP contribution in [0.25, 0.3) is 5.65 Å². The number of ether oxygens (including phenoxy) is 1. The molecule has 1 atom stereocenters. The van der Waals surface area contributed by atoms with Crippen molar-refractivity contribution in [3.8, 4) is 5.75 Å². The van der Waals surface area contributed by atoms with Crippen LogP contribution in [0.1, 0.15) is 40.7 Å². The Kier molecular flexibility index (Phi) is 6.47. The Morgan fingerprint density at radius 1 is 1.29 bits per heavy atom. The summed E-state index contributed by atoms with van der Waals surface area (Å²) in [5.74, 6) is -2.39. The number of carbonyl (C=O) groups excluding carboxylic acids is 2. The maximum atomic E-state index is 13.6. The summed E-state index contributed by atoms with van der Waals surface area (Å²) in [6, 6.07) is 2.65. The second-order valence-electron chi connectivity index (χ2n) is 7.27. The largest absolute Gasteiger partial charge is 0.488 e. The highest BCUT2D eigenvalue weighted by atomic mass is 19.1. The molecule has 0 saturated heterocycles. The topological polar surface area (TPSA) is 112 Å². The van der Waals surface area contributed by atoms with E-state index in [9.17, 15) is 18.4 Å². The second-order valence-corrected chi connectivity index (χ2v) is 7.27. The molecular weight excluding hydrogens is 408 g/mol. The van der Waals surface area contributed by atoms with Crippen LogP contribution in [0.2, 0.25) is 0 Å². The molecule has 2 heterocycles. The van der Waals surface area contributed by atoms with Crippen LogP contribution in [0, 0.1) is 25.5 Å². The summed E-state index contributed by atoms with van der Waals surface area (Å²) in [7, 11) is 0. The molecule has 10 heteroatoms. The second kappa shape index (κ2) is 9.07. The molecular formula is C21H23F2N5O3. The fourth-order valence-corrected chi connectivity index (χ4v) is 3.28. The highest BCUT2D eigenvalue weighted by Gasteiger charge is 2.18. The van der Waals surface area contributed by atoms with E-state index >= 15 is 0 Å². The van der Waals surface area contributed by atoms with E-state index in [0.717, 1.165) is 23.4 Å². The molecule has 2 aromatic heterocycles. The smallest absolute Gasteiger partial charge is 0.254 e. The number of halogens is 2. The molecule has 3 N–H and O–H groups in total. The molecule has 3 aromatic rings. The number of nitrogens with two attached hydrogens (primary N) is 1. The van der Waals surface area contributed by atoms with Crippen molar-refractivity contribution in [3.63, 3.8) is 0 Å². The lowest BCUT2D eigenvalue weighted by atomic mass is 10.1. The molecule has 0 radical (unpaired) electrons.